The lowest BCUT2D eigenvalue weighted by molar-refractivity contribution is -0.138. The van der Waals surface area contributed by atoms with Crippen LogP contribution in [0.2, 0.25) is 0 Å². The number of phenols is 4. The third-order valence-electron chi connectivity index (χ3n) is 7.34. The summed E-state index contributed by atoms with van der Waals surface area (Å²) in [5.41, 5.74) is 1.76. The molecule has 1 aliphatic carbocycles. The fraction of sp³-hybridized carbons (Fsp3) is 0.448. The number of carbonyl (C=O) groups excluding carboxylic acids is 1. The van der Waals surface area contributed by atoms with E-state index < -0.39 is 17.7 Å². The molecule has 0 bridgehead atoms. The molecule has 1 aliphatic rings. The van der Waals surface area contributed by atoms with Crippen LogP contribution in [0.4, 0.5) is 0 Å². The summed E-state index contributed by atoms with van der Waals surface area (Å²) in [5.74, 6) is -2.59. The molecule has 5 N–H and O–H groups in total. The highest BCUT2D eigenvalue weighted by Crippen LogP contribution is 2.50. The highest BCUT2D eigenvalue weighted by Gasteiger charge is 2.33. The fourth-order valence-corrected chi connectivity index (χ4v) is 5.16. The molecule has 0 amide bonds. The number of ether oxygens (including phenoxy) is 1. The molecule has 0 heterocycles. The van der Waals surface area contributed by atoms with Crippen LogP contribution in [0.1, 0.15) is 91.8 Å². The Labute approximate surface area is 216 Å². The maximum absolute atomic E-state index is 12.0. The van der Waals surface area contributed by atoms with Crippen LogP contribution in [-0.4, -0.2) is 44.1 Å². The zero-order valence-corrected chi connectivity index (χ0v) is 21.5. The number of carboxylic acids is 1. The van der Waals surface area contributed by atoms with Gasteiger partial charge in [-0.15, -0.1) is 0 Å². The zero-order chi connectivity index (χ0) is 27.3. The number of rotatable bonds is 10. The largest absolute Gasteiger partial charge is 0.504 e. The van der Waals surface area contributed by atoms with E-state index in [2.05, 4.69) is 6.92 Å². The van der Waals surface area contributed by atoms with Gasteiger partial charge in [0.15, 0.2) is 23.0 Å². The second-order valence-corrected chi connectivity index (χ2v) is 10.2. The molecule has 0 aromatic heterocycles. The molecule has 0 fully saturated rings. The van der Waals surface area contributed by atoms with Gasteiger partial charge in [-0.1, -0.05) is 39.7 Å². The van der Waals surface area contributed by atoms with Crippen LogP contribution in [0, 0.1) is 11.8 Å². The number of hydrogen-bond donors (Lipinski definition) is 5. The summed E-state index contributed by atoms with van der Waals surface area (Å²) >= 11 is 0. The fourth-order valence-electron chi connectivity index (χ4n) is 5.16. The van der Waals surface area contributed by atoms with Gasteiger partial charge >= 0.3 is 11.9 Å². The number of carboxylic acid groups (broad SMARTS) is 1. The number of hydrogen-bond acceptors (Lipinski definition) is 7. The maximum Gasteiger partial charge on any atom is 0.339 e. The molecule has 0 saturated carbocycles. The van der Waals surface area contributed by atoms with Gasteiger partial charge in [-0.3, -0.25) is 0 Å². The van der Waals surface area contributed by atoms with E-state index in [-0.39, 0.29) is 53.1 Å². The van der Waals surface area contributed by atoms with E-state index in [0.29, 0.717) is 11.1 Å². The monoisotopic (exact) mass is 512 g/mol. The first-order chi connectivity index (χ1) is 17.5. The Morgan fingerprint density at radius 2 is 1.76 bits per heavy atom. The van der Waals surface area contributed by atoms with Gasteiger partial charge in [0, 0.05) is 11.6 Å². The minimum atomic E-state index is -1.26. The van der Waals surface area contributed by atoms with E-state index in [1.165, 1.54) is 30.4 Å². The van der Waals surface area contributed by atoms with Gasteiger partial charge in [0.1, 0.15) is 5.56 Å². The molecule has 0 unspecified atom stereocenters. The molecule has 200 valence electrons. The Balaban J connectivity index is 1.51. The van der Waals surface area contributed by atoms with Crippen LogP contribution < -0.4 is 0 Å². The predicted molar refractivity (Wildman–Crippen MR) is 139 cm³/mol. The van der Waals surface area contributed by atoms with Crippen LogP contribution in [0.5, 0.6) is 23.0 Å². The first-order valence-electron chi connectivity index (χ1n) is 12.7. The molecular weight excluding hydrogens is 476 g/mol. The Bertz CT molecular complexity index is 1170. The molecule has 3 rings (SSSR count). The topological polar surface area (TPSA) is 145 Å². The summed E-state index contributed by atoms with van der Waals surface area (Å²) in [6.45, 7) is 6.39. The van der Waals surface area contributed by atoms with E-state index in [4.69, 9.17) is 4.74 Å². The van der Waals surface area contributed by atoms with Gasteiger partial charge in [0.25, 0.3) is 0 Å². The molecule has 2 aromatic carbocycles. The minimum absolute atomic E-state index is 0.0377. The number of benzene rings is 2. The second kappa shape index (κ2) is 12.0. The van der Waals surface area contributed by atoms with Crippen molar-refractivity contribution in [2.75, 3.05) is 6.61 Å². The number of fused-ring (bicyclic) bond motifs is 1. The quantitative estimate of drug-likeness (QED) is 0.151. The zero-order valence-electron chi connectivity index (χ0n) is 21.5. The summed E-state index contributed by atoms with van der Waals surface area (Å²) in [6.07, 6.45) is 7.17. The Hall–Kier alpha value is -3.68. The van der Waals surface area contributed by atoms with Crippen molar-refractivity contribution in [3.8, 4) is 23.0 Å². The molecule has 4 atom stereocenters. The summed E-state index contributed by atoms with van der Waals surface area (Å²) in [5, 5.41) is 49.0. The maximum atomic E-state index is 12.0. The average molecular weight is 513 g/mol. The minimum Gasteiger partial charge on any atom is -0.504 e. The van der Waals surface area contributed by atoms with E-state index in [9.17, 15) is 35.1 Å². The highest BCUT2D eigenvalue weighted by atomic mass is 16.5. The van der Waals surface area contributed by atoms with Crippen LogP contribution in [0.15, 0.2) is 30.3 Å². The van der Waals surface area contributed by atoms with E-state index in [0.717, 1.165) is 37.7 Å². The molecule has 37 heavy (non-hydrogen) atoms. The molecule has 0 spiro atoms. The van der Waals surface area contributed by atoms with Crippen LogP contribution >= 0.6 is 0 Å². The lowest BCUT2D eigenvalue weighted by Gasteiger charge is -2.34. The van der Waals surface area contributed by atoms with E-state index >= 15 is 0 Å². The molecule has 0 aliphatic heterocycles. The van der Waals surface area contributed by atoms with Crippen molar-refractivity contribution in [3.05, 3.63) is 52.6 Å². The summed E-state index contributed by atoms with van der Waals surface area (Å²) in [7, 11) is 0. The Morgan fingerprint density at radius 3 is 2.43 bits per heavy atom. The lowest BCUT2D eigenvalue weighted by atomic mass is 9.70. The number of aromatic carboxylic acids is 1. The third-order valence-corrected chi connectivity index (χ3v) is 7.34. The van der Waals surface area contributed by atoms with Gasteiger partial charge in [-0.25, -0.2) is 9.59 Å². The SMILES string of the molecule is C[C@H](CCC[C@H](C)[C@@H]1CC[C@@H](C)c2c1cc(C(=O)O)c(O)c2O)COC(=O)/C=C/c1ccc(O)c(O)c1. The Morgan fingerprint density at radius 1 is 1.03 bits per heavy atom. The molecule has 0 radical (unpaired) electrons. The lowest BCUT2D eigenvalue weighted by Crippen LogP contribution is -2.20. The van der Waals surface area contributed by atoms with Crippen molar-refractivity contribution in [1.82, 2.24) is 0 Å². The molecule has 8 nitrogen and oxygen atoms in total. The predicted octanol–water partition coefficient (Wildman–Crippen LogP) is 5.89. The number of esters is 1. The number of phenolic OH excluding ortho intramolecular Hbond substituents is 3. The average Bonchev–Trinajstić information content (AvgIpc) is 2.85. The van der Waals surface area contributed by atoms with Crippen molar-refractivity contribution in [2.45, 2.75) is 64.7 Å². The first kappa shape index (κ1) is 27.9. The normalized spacial score (nSPS) is 18.8. The van der Waals surface area contributed by atoms with Gasteiger partial charge < -0.3 is 30.3 Å². The van der Waals surface area contributed by atoms with Crippen molar-refractivity contribution < 1.29 is 39.9 Å². The summed E-state index contributed by atoms with van der Waals surface area (Å²) in [6, 6.07) is 5.79. The molecular formula is C29H36O8. The smallest absolute Gasteiger partial charge is 0.339 e. The van der Waals surface area contributed by atoms with E-state index in [1.54, 1.807) is 6.07 Å². The van der Waals surface area contributed by atoms with Crippen molar-refractivity contribution in [2.24, 2.45) is 11.8 Å². The van der Waals surface area contributed by atoms with Crippen molar-refractivity contribution in [1.29, 1.82) is 0 Å². The summed E-state index contributed by atoms with van der Waals surface area (Å²) in [4.78, 5) is 23.6. The van der Waals surface area contributed by atoms with Gasteiger partial charge in [0.05, 0.1) is 6.61 Å². The molecule has 2 aromatic rings. The summed E-state index contributed by atoms with van der Waals surface area (Å²) < 4.78 is 5.33. The standard InChI is InChI=1S/C29H36O8/c1-16(15-37-25(32)12-9-19-8-11-23(30)24(31)13-19)5-4-6-17(2)20-10-7-18(3)26-21(20)14-22(29(35)36)27(33)28(26)34/h8-9,11-14,16-18,20,30-31,33-34H,4-7,10,15H2,1-3H3,(H,35,36)/b12-9+/t16-,17+,18-,20+/m1/s1. The van der Waals surface area contributed by atoms with Gasteiger partial charge in [-0.05, 0) is 78.3 Å². The number of aromatic hydroxyl groups is 4. The molecule has 8 heteroatoms. The van der Waals surface area contributed by atoms with Gasteiger partial charge in [0.2, 0.25) is 0 Å². The van der Waals surface area contributed by atoms with Crippen molar-refractivity contribution in [3.63, 3.8) is 0 Å². The highest BCUT2D eigenvalue weighted by molar-refractivity contribution is 5.92. The van der Waals surface area contributed by atoms with Crippen LogP contribution in [0.3, 0.4) is 0 Å². The second-order valence-electron chi connectivity index (χ2n) is 10.2. The number of carbonyl (C=O) groups is 2. The van der Waals surface area contributed by atoms with Crippen molar-refractivity contribution >= 4 is 18.0 Å². The first-order valence-corrected chi connectivity index (χ1v) is 12.7. The third kappa shape index (κ3) is 6.76. The van der Waals surface area contributed by atoms with Crippen LogP contribution in [0.25, 0.3) is 6.08 Å². The van der Waals surface area contributed by atoms with E-state index in [1.807, 2.05) is 13.8 Å². The van der Waals surface area contributed by atoms with Crippen LogP contribution in [-0.2, 0) is 9.53 Å². The Kier molecular flexibility index (Phi) is 9.08. The molecule has 0 saturated heterocycles. The van der Waals surface area contributed by atoms with Gasteiger partial charge in [-0.2, -0.15) is 0 Å².